The Morgan fingerprint density at radius 3 is 2.94 bits per heavy atom. The number of benzene rings is 1. The third-order valence-corrected chi connectivity index (χ3v) is 2.80. The maximum atomic E-state index is 5.20. The van der Waals surface area contributed by atoms with Gasteiger partial charge in [-0.05, 0) is 25.0 Å². The van der Waals surface area contributed by atoms with Crippen molar-refractivity contribution in [3.63, 3.8) is 0 Å². The van der Waals surface area contributed by atoms with Gasteiger partial charge in [0.1, 0.15) is 0 Å². The Labute approximate surface area is 101 Å². The second-order valence-corrected chi connectivity index (χ2v) is 3.96. The highest BCUT2D eigenvalue weighted by Crippen LogP contribution is 2.22. The topological polar surface area (TPSA) is 38.9 Å². The summed E-state index contributed by atoms with van der Waals surface area (Å²) >= 11 is 0. The van der Waals surface area contributed by atoms with Crippen LogP contribution in [0.15, 0.2) is 22.7 Å². The maximum absolute atomic E-state index is 5.20. The van der Waals surface area contributed by atoms with Crippen LogP contribution in [-0.2, 0) is 6.42 Å². The van der Waals surface area contributed by atoms with Gasteiger partial charge < -0.3 is 4.52 Å². The normalized spacial score (nSPS) is 10.2. The fraction of sp³-hybridized carbons (Fsp3) is 0.286. The van der Waals surface area contributed by atoms with E-state index >= 15 is 0 Å². The summed E-state index contributed by atoms with van der Waals surface area (Å²) in [5, 5.41) is 3.99. The van der Waals surface area contributed by atoms with Crippen LogP contribution in [0.1, 0.15) is 23.4 Å². The molecule has 17 heavy (non-hydrogen) atoms. The average Bonchev–Trinajstić information content (AvgIpc) is 2.78. The third kappa shape index (κ3) is 2.36. The van der Waals surface area contributed by atoms with Crippen LogP contribution in [0, 0.1) is 26.2 Å². The zero-order valence-electron chi connectivity index (χ0n) is 10.0. The van der Waals surface area contributed by atoms with E-state index in [1.54, 1.807) is 0 Å². The maximum Gasteiger partial charge on any atom is 0.227 e. The summed E-state index contributed by atoms with van der Waals surface area (Å²) in [7, 11) is 0. The molecule has 3 nitrogen and oxygen atoms in total. The van der Waals surface area contributed by atoms with Gasteiger partial charge in [-0.25, -0.2) is 0 Å². The van der Waals surface area contributed by atoms with Gasteiger partial charge in [-0.15, -0.1) is 12.3 Å². The molecule has 1 aromatic carbocycles. The molecule has 0 bridgehead atoms. The molecule has 0 amide bonds. The Kier molecular flexibility index (Phi) is 3.24. The summed E-state index contributed by atoms with van der Waals surface area (Å²) in [6.07, 6.45) is 6.45. The van der Waals surface area contributed by atoms with E-state index in [0.717, 1.165) is 5.56 Å². The number of nitrogens with zero attached hydrogens (tertiary/aromatic N) is 2. The molecule has 3 heteroatoms. The lowest BCUT2D eigenvalue weighted by Crippen LogP contribution is -1.89. The average molecular weight is 226 g/mol. The van der Waals surface area contributed by atoms with Crippen molar-refractivity contribution < 1.29 is 4.52 Å². The molecular weight excluding hydrogens is 212 g/mol. The van der Waals surface area contributed by atoms with Crippen molar-refractivity contribution in [1.29, 1.82) is 0 Å². The highest BCUT2D eigenvalue weighted by atomic mass is 16.5. The Hall–Kier alpha value is -2.08. The van der Waals surface area contributed by atoms with Gasteiger partial charge in [-0.3, -0.25) is 0 Å². The van der Waals surface area contributed by atoms with E-state index in [0.29, 0.717) is 24.6 Å². The number of hydrogen-bond acceptors (Lipinski definition) is 3. The molecule has 2 rings (SSSR count). The number of terminal acetylenes is 1. The molecular formula is C14H14N2O. The lowest BCUT2D eigenvalue weighted by atomic mass is 10.0. The molecule has 0 radical (unpaired) electrons. The summed E-state index contributed by atoms with van der Waals surface area (Å²) < 4.78 is 5.16. The first kappa shape index (κ1) is 11.4. The highest BCUT2D eigenvalue weighted by molar-refractivity contribution is 5.61. The van der Waals surface area contributed by atoms with Crippen LogP contribution in [0.25, 0.3) is 11.4 Å². The Bertz CT molecular complexity index is 564. The van der Waals surface area contributed by atoms with Gasteiger partial charge in [0, 0.05) is 18.4 Å². The van der Waals surface area contributed by atoms with Crippen molar-refractivity contribution in [2.75, 3.05) is 0 Å². The minimum atomic E-state index is 0.596. The summed E-state index contributed by atoms with van der Waals surface area (Å²) in [5.74, 6) is 3.79. The quantitative estimate of drug-likeness (QED) is 0.755. The van der Waals surface area contributed by atoms with Crippen molar-refractivity contribution in [3.8, 4) is 23.7 Å². The van der Waals surface area contributed by atoms with Gasteiger partial charge in [0.2, 0.25) is 11.7 Å². The fourth-order valence-electron chi connectivity index (χ4n) is 1.64. The molecule has 2 aromatic rings. The van der Waals surface area contributed by atoms with Crippen molar-refractivity contribution in [3.05, 3.63) is 35.2 Å². The summed E-state index contributed by atoms with van der Waals surface area (Å²) in [5.41, 5.74) is 3.41. The number of aryl methyl sites for hydroxylation is 2. The van der Waals surface area contributed by atoms with Gasteiger partial charge in [0.25, 0.3) is 0 Å². The van der Waals surface area contributed by atoms with E-state index in [1.807, 2.05) is 12.1 Å². The first-order chi connectivity index (χ1) is 8.22. The predicted octanol–water partition coefficient (Wildman–Crippen LogP) is 2.92. The van der Waals surface area contributed by atoms with E-state index < -0.39 is 0 Å². The van der Waals surface area contributed by atoms with Gasteiger partial charge in [-0.2, -0.15) is 4.98 Å². The number of aromatic nitrogens is 2. The smallest absolute Gasteiger partial charge is 0.227 e. The van der Waals surface area contributed by atoms with Crippen LogP contribution < -0.4 is 0 Å². The standard InChI is InChI=1S/C14H14N2O/c1-4-5-9-13-15-14(16-17-13)12-8-6-7-10(2)11(12)3/h1,6-8H,5,9H2,2-3H3. The minimum absolute atomic E-state index is 0.596. The molecule has 0 spiro atoms. The highest BCUT2D eigenvalue weighted by Gasteiger charge is 2.10. The third-order valence-electron chi connectivity index (χ3n) is 2.80. The predicted molar refractivity (Wildman–Crippen MR) is 66.4 cm³/mol. The summed E-state index contributed by atoms with van der Waals surface area (Å²) in [4.78, 5) is 4.35. The molecule has 0 aliphatic heterocycles. The molecule has 0 fully saturated rings. The largest absolute Gasteiger partial charge is 0.339 e. The van der Waals surface area contributed by atoms with E-state index in [-0.39, 0.29) is 0 Å². The van der Waals surface area contributed by atoms with E-state index in [9.17, 15) is 0 Å². The minimum Gasteiger partial charge on any atom is -0.339 e. The Morgan fingerprint density at radius 2 is 2.18 bits per heavy atom. The number of hydrogen-bond donors (Lipinski definition) is 0. The van der Waals surface area contributed by atoms with Crippen molar-refractivity contribution in [2.45, 2.75) is 26.7 Å². The van der Waals surface area contributed by atoms with Gasteiger partial charge >= 0.3 is 0 Å². The molecule has 0 atom stereocenters. The molecule has 0 aliphatic rings. The Balaban J connectivity index is 2.31. The second kappa shape index (κ2) is 4.84. The van der Waals surface area contributed by atoms with E-state index in [4.69, 9.17) is 10.9 Å². The monoisotopic (exact) mass is 226 g/mol. The first-order valence-electron chi connectivity index (χ1n) is 5.55. The summed E-state index contributed by atoms with van der Waals surface area (Å²) in [6, 6.07) is 6.06. The number of rotatable bonds is 3. The molecule has 1 aromatic heterocycles. The first-order valence-corrected chi connectivity index (χ1v) is 5.55. The van der Waals surface area contributed by atoms with Crippen molar-refractivity contribution in [1.82, 2.24) is 10.1 Å². The van der Waals surface area contributed by atoms with Crippen LogP contribution in [0.3, 0.4) is 0 Å². The molecule has 0 saturated carbocycles. The lowest BCUT2D eigenvalue weighted by Gasteiger charge is -2.03. The summed E-state index contributed by atoms with van der Waals surface area (Å²) in [6.45, 7) is 4.13. The van der Waals surface area contributed by atoms with Crippen LogP contribution in [0.4, 0.5) is 0 Å². The van der Waals surface area contributed by atoms with Crippen LogP contribution in [-0.4, -0.2) is 10.1 Å². The van der Waals surface area contributed by atoms with Crippen LogP contribution in [0.2, 0.25) is 0 Å². The molecule has 0 saturated heterocycles. The molecule has 1 heterocycles. The zero-order valence-corrected chi connectivity index (χ0v) is 10.0. The lowest BCUT2D eigenvalue weighted by molar-refractivity contribution is 0.380. The van der Waals surface area contributed by atoms with Gasteiger partial charge in [-0.1, -0.05) is 23.4 Å². The van der Waals surface area contributed by atoms with Gasteiger partial charge in [0.15, 0.2) is 0 Å². The van der Waals surface area contributed by atoms with Crippen molar-refractivity contribution >= 4 is 0 Å². The van der Waals surface area contributed by atoms with Gasteiger partial charge in [0.05, 0.1) is 0 Å². The molecule has 0 N–H and O–H groups in total. The SMILES string of the molecule is C#CCCc1nc(-c2cccc(C)c2C)no1. The van der Waals surface area contributed by atoms with Crippen LogP contribution >= 0.6 is 0 Å². The second-order valence-electron chi connectivity index (χ2n) is 3.96. The van der Waals surface area contributed by atoms with E-state index in [2.05, 4.69) is 36.0 Å². The molecule has 0 unspecified atom stereocenters. The zero-order chi connectivity index (χ0) is 12.3. The molecule has 86 valence electrons. The molecule has 0 aliphatic carbocycles. The van der Waals surface area contributed by atoms with Crippen LogP contribution in [0.5, 0.6) is 0 Å². The van der Waals surface area contributed by atoms with Crippen molar-refractivity contribution in [2.24, 2.45) is 0 Å². The van der Waals surface area contributed by atoms with E-state index in [1.165, 1.54) is 11.1 Å². The Morgan fingerprint density at radius 1 is 1.35 bits per heavy atom. The fourth-order valence-corrected chi connectivity index (χ4v) is 1.64.